The van der Waals surface area contributed by atoms with Gasteiger partial charge in [-0.3, -0.25) is 4.79 Å². The molecule has 0 N–H and O–H groups in total. The number of rotatable bonds is 4. The van der Waals surface area contributed by atoms with Gasteiger partial charge in [0.2, 0.25) is 0 Å². The quantitative estimate of drug-likeness (QED) is 0.605. The van der Waals surface area contributed by atoms with E-state index in [9.17, 15) is 4.79 Å². The largest absolute Gasteiger partial charge is 0.307 e. The molecule has 1 aromatic heterocycles. The van der Waals surface area contributed by atoms with Crippen LogP contribution >= 0.6 is 27.3 Å². The summed E-state index contributed by atoms with van der Waals surface area (Å²) in [5, 5.41) is 1.02. The molecule has 13 heavy (non-hydrogen) atoms. The summed E-state index contributed by atoms with van der Waals surface area (Å²) >= 11 is 4.73. The lowest BCUT2D eigenvalue weighted by molar-refractivity contribution is 0.613. The van der Waals surface area contributed by atoms with Crippen molar-refractivity contribution >= 4 is 27.3 Å². The van der Waals surface area contributed by atoms with Crippen LogP contribution in [0.1, 0.15) is 23.4 Å². The summed E-state index contributed by atoms with van der Waals surface area (Å²) in [6.07, 6.45) is 2.20. The Kier molecular flexibility index (Phi) is 4.19. The van der Waals surface area contributed by atoms with Crippen LogP contribution in [0.2, 0.25) is 0 Å². The lowest BCUT2D eigenvalue weighted by Gasteiger charge is -2.02. The number of unbranched alkanes of at least 4 members (excludes halogenated alkanes) is 1. The molecule has 0 atom stereocenters. The van der Waals surface area contributed by atoms with E-state index in [1.165, 1.54) is 11.3 Å². The first-order valence-electron chi connectivity index (χ1n) is 4.39. The molecule has 1 aromatic rings. The zero-order chi connectivity index (χ0) is 9.84. The van der Waals surface area contributed by atoms with Gasteiger partial charge in [-0.15, -0.1) is 0 Å². The molecule has 0 aliphatic carbocycles. The zero-order valence-electron chi connectivity index (χ0n) is 7.97. The third-order valence-corrected chi connectivity index (χ3v) is 3.70. The van der Waals surface area contributed by atoms with Crippen LogP contribution < -0.4 is 4.87 Å². The summed E-state index contributed by atoms with van der Waals surface area (Å²) in [6, 6.07) is 0. The average Bonchev–Trinajstić information content (AvgIpc) is 2.32. The average molecular weight is 264 g/mol. The van der Waals surface area contributed by atoms with E-state index in [0.717, 1.165) is 35.3 Å². The van der Waals surface area contributed by atoms with Gasteiger partial charge in [0.05, 0.1) is 0 Å². The molecule has 0 amide bonds. The molecular weight excluding hydrogens is 250 g/mol. The molecule has 0 aliphatic heterocycles. The predicted octanol–water partition coefficient (Wildman–Crippen LogP) is 2.70. The van der Waals surface area contributed by atoms with E-state index >= 15 is 0 Å². The predicted molar refractivity (Wildman–Crippen MR) is 61.1 cm³/mol. The fourth-order valence-electron chi connectivity index (χ4n) is 1.21. The summed E-state index contributed by atoms with van der Waals surface area (Å²) in [5.74, 6) is 0. The van der Waals surface area contributed by atoms with Crippen LogP contribution in [0.4, 0.5) is 0 Å². The van der Waals surface area contributed by atoms with Gasteiger partial charge < -0.3 is 4.57 Å². The van der Waals surface area contributed by atoms with Crippen molar-refractivity contribution in [3.8, 4) is 0 Å². The Morgan fingerprint density at radius 1 is 1.38 bits per heavy atom. The number of hydrogen-bond donors (Lipinski definition) is 0. The molecule has 74 valence electrons. The first-order valence-corrected chi connectivity index (χ1v) is 6.33. The number of aromatic nitrogens is 1. The number of nitrogens with zero attached hydrogens (tertiary/aromatic N) is 1. The van der Waals surface area contributed by atoms with Crippen LogP contribution in [-0.4, -0.2) is 9.90 Å². The molecule has 0 aromatic carbocycles. The normalized spacial score (nSPS) is 10.7. The van der Waals surface area contributed by atoms with Crippen LogP contribution in [0.25, 0.3) is 0 Å². The Labute approximate surface area is 90.7 Å². The van der Waals surface area contributed by atoms with Crippen molar-refractivity contribution in [1.82, 2.24) is 4.57 Å². The zero-order valence-corrected chi connectivity index (χ0v) is 10.4. The molecule has 0 spiro atoms. The lowest BCUT2D eigenvalue weighted by atomic mass is 10.3. The Balaban J connectivity index is 2.70. The van der Waals surface area contributed by atoms with Gasteiger partial charge in [0, 0.05) is 22.4 Å². The molecule has 1 heterocycles. The Hall–Kier alpha value is -0.0900. The van der Waals surface area contributed by atoms with Gasteiger partial charge in [0.25, 0.3) is 0 Å². The minimum absolute atomic E-state index is 0.185. The van der Waals surface area contributed by atoms with Crippen molar-refractivity contribution in [2.75, 3.05) is 5.33 Å². The fourth-order valence-corrected chi connectivity index (χ4v) is 2.47. The van der Waals surface area contributed by atoms with Crippen molar-refractivity contribution in [2.24, 2.45) is 0 Å². The first kappa shape index (κ1) is 11.0. The SMILES string of the molecule is Cc1sc(=O)n(CCCCBr)c1C. The molecule has 0 saturated heterocycles. The number of alkyl halides is 1. The van der Waals surface area contributed by atoms with E-state index in [1.54, 1.807) is 0 Å². The van der Waals surface area contributed by atoms with Crippen LogP contribution in [0.15, 0.2) is 4.79 Å². The van der Waals surface area contributed by atoms with Gasteiger partial charge in [0.1, 0.15) is 0 Å². The summed E-state index contributed by atoms with van der Waals surface area (Å²) in [6.45, 7) is 4.88. The number of thiazole rings is 1. The van der Waals surface area contributed by atoms with Gasteiger partial charge >= 0.3 is 4.87 Å². The van der Waals surface area contributed by atoms with Gasteiger partial charge in [-0.2, -0.15) is 0 Å². The molecule has 0 aliphatic rings. The molecule has 2 nitrogen and oxygen atoms in total. The standard InChI is InChI=1S/C9H14BrNOS/c1-7-8(2)13-9(12)11(7)6-4-3-5-10/h3-6H2,1-2H3. The molecule has 1 rings (SSSR count). The number of hydrogen-bond acceptors (Lipinski definition) is 2. The second-order valence-corrected chi connectivity index (χ2v) is 5.02. The highest BCUT2D eigenvalue weighted by molar-refractivity contribution is 9.09. The number of halogens is 1. The molecule has 0 unspecified atom stereocenters. The molecule has 0 bridgehead atoms. The Morgan fingerprint density at radius 3 is 2.54 bits per heavy atom. The summed E-state index contributed by atoms with van der Waals surface area (Å²) in [7, 11) is 0. The third kappa shape index (κ3) is 2.68. The first-order chi connectivity index (χ1) is 6.16. The minimum atomic E-state index is 0.185. The maximum Gasteiger partial charge on any atom is 0.307 e. The van der Waals surface area contributed by atoms with Crippen molar-refractivity contribution in [1.29, 1.82) is 0 Å². The topological polar surface area (TPSA) is 22.0 Å². The van der Waals surface area contributed by atoms with Crippen LogP contribution in [0.3, 0.4) is 0 Å². The fraction of sp³-hybridized carbons (Fsp3) is 0.667. The van der Waals surface area contributed by atoms with Crippen molar-refractivity contribution in [3.63, 3.8) is 0 Å². The van der Waals surface area contributed by atoms with Gasteiger partial charge in [-0.05, 0) is 26.7 Å². The van der Waals surface area contributed by atoms with Gasteiger partial charge in [-0.1, -0.05) is 27.3 Å². The Bertz CT molecular complexity index is 329. The molecular formula is C9H14BrNOS. The van der Waals surface area contributed by atoms with E-state index in [2.05, 4.69) is 15.9 Å². The third-order valence-electron chi connectivity index (χ3n) is 2.14. The van der Waals surface area contributed by atoms with E-state index < -0.39 is 0 Å². The van der Waals surface area contributed by atoms with Crippen molar-refractivity contribution in [2.45, 2.75) is 33.2 Å². The molecule has 4 heteroatoms. The van der Waals surface area contributed by atoms with Crippen LogP contribution in [0.5, 0.6) is 0 Å². The molecule has 0 saturated carbocycles. The second kappa shape index (κ2) is 4.96. The van der Waals surface area contributed by atoms with E-state index in [1.807, 2.05) is 18.4 Å². The Morgan fingerprint density at radius 2 is 2.08 bits per heavy atom. The molecule has 0 fully saturated rings. The summed E-state index contributed by atoms with van der Waals surface area (Å²) < 4.78 is 1.88. The highest BCUT2D eigenvalue weighted by Crippen LogP contribution is 2.10. The van der Waals surface area contributed by atoms with Gasteiger partial charge in [-0.25, -0.2) is 0 Å². The van der Waals surface area contributed by atoms with Crippen molar-refractivity contribution < 1.29 is 0 Å². The number of aryl methyl sites for hydroxylation is 1. The monoisotopic (exact) mass is 263 g/mol. The van der Waals surface area contributed by atoms with E-state index in [-0.39, 0.29) is 4.87 Å². The summed E-state index contributed by atoms with van der Waals surface area (Å²) in [5.41, 5.74) is 1.13. The maximum atomic E-state index is 11.4. The second-order valence-electron chi connectivity index (χ2n) is 3.06. The highest BCUT2D eigenvalue weighted by atomic mass is 79.9. The van der Waals surface area contributed by atoms with Crippen LogP contribution in [-0.2, 0) is 6.54 Å². The lowest BCUT2D eigenvalue weighted by Crippen LogP contribution is -2.14. The smallest absolute Gasteiger partial charge is 0.303 e. The highest BCUT2D eigenvalue weighted by Gasteiger charge is 2.05. The van der Waals surface area contributed by atoms with Gasteiger partial charge in [0.15, 0.2) is 0 Å². The molecule has 0 radical (unpaired) electrons. The summed E-state index contributed by atoms with van der Waals surface area (Å²) in [4.78, 5) is 12.8. The van der Waals surface area contributed by atoms with E-state index in [0.29, 0.717) is 0 Å². The maximum absolute atomic E-state index is 11.4. The van der Waals surface area contributed by atoms with E-state index in [4.69, 9.17) is 0 Å². The van der Waals surface area contributed by atoms with Crippen molar-refractivity contribution in [3.05, 3.63) is 20.2 Å². The van der Waals surface area contributed by atoms with Crippen LogP contribution in [0, 0.1) is 13.8 Å². The minimum Gasteiger partial charge on any atom is -0.303 e.